The molecule has 2 amide bonds. The van der Waals surface area contributed by atoms with Crippen LogP contribution in [-0.4, -0.2) is 36.9 Å². The Morgan fingerprint density at radius 3 is 2.35 bits per heavy atom. The summed E-state index contributed by atoms with van der Waals surface area (Å²) in [6, 6.07) is 14.0. The van der Waals surface area contributed by atoms with Crippen molar-refractivity contribution in [1.82, 2.24) is 10.2 Å². The zero-order valence-corrected chi connectivity index (χ0v) is 15.9. The fourth-order valence-electron chi connectivity index (χ4n) is 2.62. The number of amides is 2. The molecule has 5 heteroatoms. The summed E-state index contributed by atoms with van der Waals surface area (Å²) in [5.74, 6) is -0.399. The largest absolute Gasteiger partial charge is 0.346 e. The Bertz CT molecular complexity index is 769. The lowest BCUT2D eigenvalue weighted by Gasteiger charge is -2.16. The van der Waals surface area contributed by atoms with Crippen LogP contribution in [0, 0.1) is 20.8 Å². The van der Waals surface area contributed by atoms with Gasteiger partial charge in [-0.1, -0.05) is 42.0 Å². The maximum absolute atomic E-state index is 12.0. The number of anilines is 1. The van der Waals surface area contributed by atoms with Crippen molar-refractivity contribution in [2.45, 2.75) is 27.3 Å². The van der Waals surface area contributed by atoms with Crippen LogP contribution in [0.4, 0.5) is 5.69 Å². The van der Waals surface area contributed by atoms with E-state index in [1.807, 2.05) is 50.9 Å². The molecular formula is C21H27N3O2. The lowest BCUT2D eigenvalue weighted by Crippen LogP contribution is -2.39. The van der Waals surface area contributed by atoms with E-state index in [0.29, 0.717) is 6.54 Å². The summed E-state index contributed by atoms with van der Waals surface area (Å²) >= 11 is 0. The number of benzene rings is 2. The number of nitrogens with one attached hydrogen (secondary N) is 2. The van der Waals surface area contributed by atoms with E-state index >= 15 is 0 Å². The molecule has 0 fully saturated rings. The van der Waals surface area contributed by atoms with Gasteiger partial charge in [0.2, 0.25) is 11.8 Å². The molecule has 2 N–H and O–H groups in total. The molecule has 0 aliphatic heterocycles. The van der Waals surface area contributed by atoms with E-state index in [-0.39, 0.29) is 24.9 Å². The van der Waals surface area contributed by atoms with Gasteiger partial charge in [-0.2, -0.15) is 0 Å². The number of hydrogen-bond donors (Lipinski definition) is 2. The van der Waals surface area contributed by atoms with Crippen LogP contribution in [-0.2, 0) is 16.1 Å². The second kappa shape index (κ2) is 9.15. The van der Waals surface area contributed by atoms with Crippen molar-refractivity contribution in [1.29, 1.82) is 0 Å². The minimum Gasteiger partial charge on any atom is -0.346 e. The van der Waals surface area contributed by atoms with Gasteiger partial charge in [-0.3, -0.25) is 14.5 Å². The summed E-state index contributed by atoms with van der Waals surface area (Å²) in [6.07, 6.45) is 0. The van der Waals surface area contributed by atoms with Crippen LogP contribution in [0.25, 0.3) is 0 Å². The number of aryl methyl sites for hydroxylation is 2. The van der Waals surface area contributed by atoms with Crippen molar-refractivity contribution in [3.63, 3.8) is 0 Å². The van der Waals surface area contributed by atoms with Gasteiger partial charge in [0.25, 0.3) is 0 Å². The Balaban J connectivity index is 1.76. The second-order valence-electron chi connectivity index (χ2n) is 6.73. The normalized spacial score (nSPS) is 10.7. The van der Waals surface area contributed by atoms with Crippen molar-refractivity contribution in [3.05, 3.63) is 64.7 Å². The Labute approximate surface area is 155 Å². The molecule has 0 radical (unpaired) electrons. The van der Waals surface area contributed by atoms with Crippen LogP contribution < -0.4 is 10.6 Å². The smallest absolute Gasteiger partial charge is 0.243 e. The van der Waals surface area contributed by atoms with Gasteiger partial charge < -0.3 is 10.6 Å². The first kappa shape index (κ1) is 19.7. The maximum Gasteiger partial charge on any atom is 0.243 e. The first-order valence-electron chi connectivity index (χ1n) is 8.72. The fraction of sp³-hybridized carbons (Fsp3) is 0.333. The van der Waals surface area contributed by atoms with Crippen molar-refractivity contribution < 1.29 is 9.59 Å². The lowest BCUT2D eigenvalue weighted by molar-refractivity contribution is -0.124. The summed E-state index contributed by atoms with van der Waals surface area (Å²) in [5, 5.41) is 5.51. The average Bonchev–Trinajstić information content (AvgIpc) is 2.59. The van der Waals surface area contributed by atoms with Crippen molar-refractivity contribution >= 4 is 17.5 Å². The highest BCUT2D eigenvalue weighted by molar-refractivity contribution is 5.95. The van der Waals surface area contributed by atoms with Gasteiger partial charge in [0, 0.05) is 12.2 Å². The summed E-state index contributed by atoms with van der Waals surface area (Å²) < 4.78 is 0. The zero-order valence-electron chi connectivity index (χ0n) is 15.9. The number of carbonyl (C=O) groups is 2. The maximum atomic E-state index is 12.0. The number of nitrogens with zero attached hydrogens (tertiary/aromatic N) is 1. The minimum atomic E-state index is -0.228. The molecule has 0 saturated carbocycles. The quantitative estimate of drug-likeness (QED) is 0.805. The van der Waals surface area contributed by atoms with Gasteiger partial charge >= 0.3 is 0 Å². The van der Waals surface area contributed by atoms with Crippen molar-refractivity contribution in [2.75, 3.05) is 25.5 Å². The Kier molecular flexibility index (Phi) is 6.92. The summed E-state index contributed by atoms with van der Waals surface area (Å²) in [7, 11) is 1.88. The number of hydrogen-bond acceptors (Lipinski definition) is 3. The van der Waals surface area contributed by atoms with E-state index in [4.69, 9.17) is 0 Å². The Morgan fingerprint density at radius 2 is 1.65 bits per heavy atom. The topological polar surface area (TPSA) is 61.4 Å². The van der Waals surface area contributed by atoms with Crippen LogP contribution >= 0.6 is 0 Å². The van der Waals surface area contributed by atoms with Gasteiger partial charge in [-0.15, -0.1) is 0 Å². The zero-order chi connectivity index (χ0) is 19.1. The molecule has 0 atom stereocenters. The van der Waals surface area contributed by atoms with Gasteiger partial charge in [-0.25, -0.2) is 0 Å². The van der Waals surface area contributed by atoms with Gasteiger partial charge in [-0.05, 0) is 50.6 Å². The predicted octanol–water partition coefficient (Wildman–Crippen LogP) is 2.80. The van der Waals surface area contributed by atoms with Gasteiger partial charge in [0.05, 0.1) is 13.1 Å². The van der Waals surface area contributed by atoms with Crippen LogP contribution in [0.5, 0.6) is 0 Å². The molecule has 0 bridgehead atoms. The molecule has 2 aromatic rings. The third-order valence-electron chi connectivity index (χ3n) is 4.31. The molecule has 138 valence electrons. The molecule has 0 unspecified atom stereocenters. The highest BCUT2D eigenvalue weighted by Gasteiger charge is 2.10. The van der Waals surface area contributed by atoms with Crippen molar-refractivity contribution in [2.24, 2.45) is 0 Å². The SMILES string of the molecule is Cc1ccc(CN(C)CC(=O)NCC(=O)Nc2cccc(C)c2C)cc1. The number of rotatable bonds is 7. The molecule has 5 nitrogen and oxygen atoms in total. The molecule has 0 aliphatic rings. The second-order valence-corrected chi connectivity index (χ2v) is 6.73. The third-order valence-corrected chi connectivity index (χ3v) is 4.31. The standard InChI is InChI=1S/C21H27N3O2/c1-15-8-10-18(11-9-15)13-24(4)14-21(26)22-12-20(25)23-19-7-5-6-16(2)17(19)3/h5-11H,12-14H2,1-4H3,(H,22,26)(H,23,25). The molecule has 0 heterocycles. The highest BCUT2D eigenvalue weighted by Crippen LogP contribution is 2.17. The lowest BCUT2D eigenvalue weighted by atomic mass is 10.1. The highest BCUT2D eigenvalue weighted by atomic mass is 16.2. The summed E-state index contributed by atoms with van der Waals surface area (Å²) in [4.78, 5) is 26.0. The molecule has 26 heavy (non-hydrogen) atoms. The minimum absolute atomic E-state index is 0.0371. The van der Waals surface area contributed by atoms with Crippen molar-refractivity contribution in [3.8, 4) is 0 Å². The van der Waals surface area contributed by atoms with Gasteiger partial charge in [0.1, 0.15) is 0 Å². The van der Waals surface area contributed by atoms with E-state index in [2.05, 4.69) is 34.9 Å². The van der Waals surface area contributed by atoms with E-state index < -0.39 is 0 Å². The van der Waals surface area contributed by atoms with Crippen LogP contribution in [0.1, 0.15) is 22.3 Å². The van der Waals surface area contributed by atoms with E-state index in [9.17, 15) is 9.59 Å². The molecule has 2 rings (SSSR count). The predicted molar refractivity (Wildman–Crippen MR) is 105 cm³/mol. The molecule has 2 aromatic carbocycles. The third kappa shape index (κ3) is 6.01. The monoisotopic (exact) mass is 353 g/mol. The number of likely N-dealkylation sites (N-methyl/N-ethyl adjacent to an activating group) is 1. The van der Waals surface area contributed by atoms with E-state index in [1.165, 1.54) is 5.56 Å². The first-order valence-corrected chi connectivity index (χ1v) is 8.72. The molecule has 0 saturated heterocycles. The Hall–Kier alpha value is -2.66. The molecule has 0 aliphatic carbocycles. The van der Waals surface area contributed by atoms with Crippen LogP contribution in [0.3, 0.4) is 0 Å². The molecule has 0 aromatic heterocycles. The van der Waals surface area contributed by atoms with Crippen LogP contribution in [0.15, 0.2) is 42.5 Å². The summed E-state index contributed by atoms with van der Waals surface area (Å²) in [5.41, 5.74) is 5.29. The summed E-state index contributed by atoms with van der Waals surface area (Å²) in [6.45, 7) is 6.89. The van der Waals surface area contributed by atoms with Crippen LogP contribution in [0.2, 0.25) is 0 Å². The van der Waals surface area contributed by atoms with E-state index in [0.717, 1.165) is 22.4 Å². The molecule has 0 spiro atoms. The number of carbonyl (C=O) groups excluding carboxylic acids is 2. The fourth-order valence-corrected chi connectivity index (χ4v) is 2.62. The average molecular weight is 353 g/mol. The Morgan fingerprint density at radius 1 is 0.962 bits per heavy atom. The van der Waals surface area contributed by atoms with E-state index in [1.54, 1.807) is 0 Å². The first-order chi connectivity index (χ1) is 12.3. The molecular weight excluding hydrogens is 326 g/mol. The van der Waals surface area contributed by atoms with Gasteiger partial charge in [0.15, 0.2) is 0 Å².